The summed E-state index contributed by atoms with van der Waals surface area (Å²) in [5.74, 6) is 0. The van der Waals surface area contributed by atoms with Gasteiger partial charge in [-0.3, -0.25) is 4.98 Å². The summed E-state index contributed by atoms with van der Waals surface area (Å²) in [5.41, 5.74) is 8.24. The maximum atomic E-state index is 6.08. The standard InChI is InChI=1S/C10H9BrN2S.ClH/c11-9-3-8(4-13-5-9)10(12)7-1-2-14-6-7;/h1-6,10H,12H2;1H/t10-;/m1./s1. The van der Waals surface area contributed by atoms with E-state index in [9.17, 15) is 0 Å². The van der Waals surface area contributed by atoms with Gasteiger partial charge in [-0.15, -0.1) is 12.4 Å². The number of aromatic nitrogens is 1. The van der Waals surface area contributed by atoms with Crippen LogP contribution in [0.2, 0.25) is 0 Å². The minimum Gasteiger partial charge on any atom is -0.320 e. The molecular weight excluding hydrogens is 296 g/mol. The fraction of sp³-hybridized carbons (Fsp3) is 0.100. The number of hydrogen-bond acceptors (Lipinski definition) is 3. The normalized spacial score (nSPS) is 11.9. The average Bonchev–Trinajstić information content (AvgIpc) is 2.69. The van der Waals surface area contributed by atoms with Crippen molar-refractivity contribution < 1.29 is 0 Å². The number of hydrogen-bond donors (Lipinski definition) is 1. The molecule has 0 fully saturated rings. The van der Waals surface area contributed by atoms with Crippen molar-refractivity contribution in [1.29, 1.82) is 0 Å². The molecule has 15 heavy (non-hydrogen) atoms. The predicted molar refractivity (Wildman–Crippen MR) is 69.5 cm³/mol. The lowest BCUT2D eigenvalue weighted by atomic mass is 10.1. The number of pyridine rings is 1. The lowest BCUT2D eigenvalue weighted by Gasteiger charge is -2.09. The van der Waals surface area contributed by atoms with Crippen LogP contribution in [0.1, 0.15) is 17.2 Å². The first kappa shape index (κ1) is 12.6. The molecule has 0 radical (unpaired) electrons. The molecule has 0 amide bonds. The van der Waals surface area contributed by atoms with Crippen LogP contribution in [0.3, 0.4) is 0 Å². The molecule has 2 heterocycles. The first-order valence-corrected chi connectivity index (χ1v) is 5.89. The molecule has 0 saturated heterocycles. The molecular formula is C10H10BrClN2S. The van der Waals surface area contributed by atoms with Crippen LogP contribution in [0.4, 0.5) is 0 Å². The number of nitrogens with zero attached hydrogens (tertiary/aromatic N) is 1. The Morgan fingerprint density at radius 1 is 1.33 bits per heavy atom. The fourth-order valence-corrected chi connectivity index (χ4v) is 2.32. The van der Waals surface area contributed by atoms with Crippen molar-refractivity contribution in [3.63, 3.8) is 0 Å². The second-order valence-electron chi connectivity index (χ2n) is 2.97. The van der Waals surface area contributed by atoms with Crippen molar-refractivity contribution in [3.8, 4) is 0 Å². The molecule has 0 aromatic carbocycles. The molecule has 0 bridgehead atoms. The molecule has 5 heteroatoms. The van der Waals surface area contributed by atoms with Crippen molar-refractivity contribution >= 4 is 39.7 Å². The Balaban J connectivity index is 0.00000112. The molecule has 2 aromatic heterocycles. The van der Waals surface area contributed by atoms with Crippen LogP contribution in [0.25, 0.3) is 0 Å². The third kappa shape index (κ3) is 3.01. The van der Waals surface area contributed by atoms with Gasteiger partial charge >= 0.3 is 0 Å². The summed E-state index contributed by atoms with van der Waals surface area (Å²) >= 11 is 5.03. The van der Waals surface area contributed by atoms with Crippen LogP contribution >= 0.6 is 39.7 Å². The Morgan fingerprint density at radius 2 is 2.13 bits per heavy atom. The highest BCUT2D eigenvalue weighted by atomic mass is 79.9. The van der Waals surface area contributed by atoms with Crippen molar-refractivity contribution in [3.05, 3.63) is 50.9 Å². The van der Waals surface area contributed by atoms with Crippen molar-refractivity contribution in [2.45, 2.75) is 6.04 Å². The Bertz CT molecular complexity index is 419. The summed E-state index contributed by atoms with van der Waals surface area (Å²) in [4.78, 5) is 4.09. The van der Waals surface area contributed by atoms with Gasteiger partial charge in [-0.05, 0) is 49.9 Å². The van der Waals surface area contributed by atoms with E-state index in [2.05, 4.69) is 26.3 Å². The summed E-state index contributed by atoms with van der Waals surface area (Å²) < 4.78 is 0.959. The quantitative estimate of drug-likeness (QED) is 0.924. The number of halogens is 2. The zero-order chi connectivity index (χ0) is 9.97. The summed E-state index contributed by atoms with van der Waals surface area (Å²) in [6, 6.07) is 3.96. The molecule has 0 aliphatic heterocycles. The molecule has 2 rings (SSSR count). The van der Waals surface area contributed by atoms with Gasteiger partial charge in [-0.1, -0.05) is 0 Å². The Kier molecular flexibility index (Phi) is 4.73. The monoisotopic (exact) mass is 304 g/mol. The molecule has 1 atom stereocenters. The number of thiophene rings is 1. The number of rotatable bonds is 2. The van der Waals surface area contributed by atoms with Gasteiger partial charge in [0.2, 0.25) is 0 Å². The zero-order valence-corrected chi connectivity index (χ0v) is 11.0. The van der Waals surface area contributed by atoms with Gasteiger partial charge in [-0.25, -0.2) is 0 Å². The van der Waals surface area contributed by atoms with E-state index in [-0.39, 0.29) is 18.4 Å². The molecule has 0 saturated carbocycles. The van der Waals surface area contributed by atoms with E-state index in [4.69, 9.17) is 5.73 Å². The highest BCUT2D eigenvalue weighted by molar-refractivity contribution is 9.10. The summed E-state index contributed by atoms with van der Waals surface area (Å²) in [6.45, 7) is 0. The third-order valence-corrected chi connectivity index (χ3v) is 3.12. The third-order valence-electron chi connectivity index (χ3n) is 1.99. The molecule has 0 aliphatic rings. The smallest absolute Gasteiger partial charge is 0.0575 e. The van der Waals surface area contributed by atoms with E-state index in [1.54, 1.807) is 23.7 Å². The largest absolute Gasteiger partial charge is 0.320 e. The van der Waals surface area contributed by atoms with E-state index in [1.807, 2.05) is 17.5 Å². The highest BCUT2D eigenvalue weighted by Gasteiger charge is 2.09. The van der Waals surface area contributed by atoms with E-state index in [1.165, 1.54) is 0 Å². The first-order chi connectivity index (χ1) is 6.77. The second kappa shape index (κ2) is 5.61. The maximum absolute atomic E-state index is 6.08. The van der Waals surface area contributed by atoms with Gasteiger partial charge < -0.3 is 5.73 Å². The Labute approximate surface area is 107 Å². The van der Waals surface area contributed by atoms with Gasteiger partial charge in [0.15, 0.2) is 0 Å². The minimum absolute atomic E-state index is 0. The van der Waals surface area contributed by atoms with Crippen LogP contribution in [0, 0.1) is 0 Å². The van der Waals surface area contributed by atoms with Crippen LogP contribution in [-0.4, -0.2) is 4.98 Å². The summed E-state index contributed by atoms with van der Waals surface area (Å²) in [6.07, 6.45) is 3.55. The maximum Gasteiger partial charge on any atom is 0.0575 e. The topological polar surface area (TPSA) is 38.9 Å². The van der Waals surface area contributed by atoms with Gasteiger partial charge in [0.1, 0.15) is 0 Å². The van der Waals surface area contributed by atoms with Crippen LogP contribution in [0.5, 0.6) is 0 Å². The Hall–Kier alpha value is -0.420. The van der Waals surface area contributed by atoms with Gasteiger partial charge in [-0.2, -0.15) is 11.3 Å². The van der Waals surface area contributed by atoms with Crippen molar-refractivity contribution in [1.82, 2.24) is 4.98 Å². The lowest BCUT2D eigenvalue weighted by molar-refractivity contribution is 0.867. The minimum atomic E-state index is -0.0775. The SMILES string of the molecule is Cl.N[C@H](c1ccsc1)c1cncc(Br)c1. The van der Waals surface area contributed by atoms with Gasteiger partial charge in [0.05, 0.1) is 6.04 Å². The van der Waals surface area contributed by atoms with E-state index >= 15 is 0 Å². The molecule has 2 N–H and O–H groups in total. The average molecular weight is 306 g/mol. The Morgan fingerprint density at radius 3 is 2.73 bits per heavy atom. The van der Waals surface area contributed by atoms with Gasteiger partial charge in [0.25, 0.3) is 0 Å². The summed E-state index contributed by atoms with van der Waals surface area (Å²) in [7, 11) is 0. The predicted octanol–water partition coefficient (Wildman–Crippen LogP) is 3.38. The molecule has 80 valence electrons. The zero-order valence-electron chi connectivity index (χ0n) is 7.76. The molecule has 0 spiro atoms. The number of nitrogens with two attached hydrogens (primary N) is 1. The van der Waals surface area contributed by atoms with E-state index in [0.29, 0.717) is 0 Å². The fourth-order valence-electron chi connectivity index (χ4n) is 1.24. The molecule has 2 nitrogen and oxygen atoms in total. The first-order valence-electron chi connectivity index (χ1n) is 4.15. The second-order valence-corrected chi connectivity index (χ2v) is 4.67. The van der Waals surface area contributed by atoms with Gasteiger partial charge in [0, 0.05) is 16.9 Å². The van der Waals surface area contributed by atoms with E-state index < -0.39 is 0 Å². The van der Waals surface area contributed by atoms with Crippen molar-refractivity contribution in [2.75, 3.05) is 0 Å². The lowest BCUT2D eigenvalue weighted by Crippen LogP contribution is -2.10. The van der Waals surface area contributed by atoms with Crippen LogP contribution < -0.4 is 5.73 Å². The van der Waals surface area contributed by atoms with E-state index in [0.717, 1.165) is 15.6 Å². The highest BCUT2D eigenvalue weighted by Crippen LogP contribution is 2.22. The van der Waals surface area contributed by atoms with Crippen LogP contribution in [0.15, 0.2) is 39.8 Å². The molecule has 2 aromatic rings. The molecule has 0 unspecified atom stereocenters. The van der Waals surface area contributed by atoms with Crippen LogP contribution in [-0.2, 0) is 0 Å². The molecule has 0 aliphatic carbocycles. The summed E-state index contributed by atoms with van der Waals surface area (Å²) in [5, 5.41) is 4.09. The van der Waals surface area contributed by atoms with Crippen molar-refractivity contribution in [2.24, 2.45) is 5.73 Å².